The van der Waals surface area contributed by atoms with E-state index in [2.05, 4.69) is 10.5 Å². The quantitative estimate of drug-likeness (QED) is 0.512. The van der Waals surface area contributed by atoms with Gasteiger partial charge in [-0.2, -0.15) is 5.10 Å². The first kappa shape index (κ1) is 15.0. The number of carbonyl (C=O) groups is 1. The fourth-order valence-corrected chi connectivity index (χ4v) is 2.70. The van der Waals surface area contributed by atoms with Gasteiger partial charge in [0.05, 0.1) is 29.2 Å². The number of ether oxygens (including phenoxy) is 2. The van der Waals surface area contributed by atoms with Crippen molar-refractivity contribution in [2.45, 2.75) is 6.42 Å². The summed E-state index contributed by atoms with van der Waals surface area (Å²) in [4.78, 5) is 23.2. The van der Waals surface area contributed by atoms with Crippen LogP contribution in [0.4, 0.5) is 5.69 Å². The van der Waals surface area contributed by atoms with E-state index in [1.54, 1.807) is 0 Å². The molecule has 1 aromatic heterocycles. The third-order valence-electron chi connectivity index (χ3n) is 3.03. The monoisotopic (exact) mass is 333 g/mol. The zero-order valence-electron chi connectivity index (χ0n) is 11.7. The lowest BCUT2D eigenvalue weighted by Crippen LogP contribution is -2.19. The number of nitro benzene ring substituents is 1. The van der Waals surface area contributed by atoms with Gasteiger partial charge in [-0.15, -0.1) is 11.3 Å². The van der Waals surface area contributed by atoms with Crippen LogP contribution in [0.15, 0.2) is 34.7 Å². The summed E-state index contributed by atoms with van der Waals surface area (Å²) in [5, 5.41) is 16.7. The molecule has 3 rings (SSSR count). The van der Waals surface area contributed by atoms with Crippen molar-refractivity contribution in [3.8, 4) is 11.5 Å². The van der Waals surface area contributed by atoms with Gasteiger partial charge in [0.1, 0.15) is 0 Å². The second kappa shape index (κ2) is 6.44. The Morgan fingerprint density at radius 2 is 2.22 bits per heavy atom. The van der Waals surface area contributed by atoms with Crippen LogP contribution >= 0.6 is 11.3 Å². The van der Waals surface area contributed by atoms with E-state index in [1.807, 2.05) is 17.5 Å². The first-order valence-corrected chi connectivity index (χ1v) is 7.44. The fourth-order valence-electron chi connectivity index (χ4n) is 1.99. The molecular formula is C14H11N3O5S. The minimum Gasteiger partial charge on any atom is -0.454 e. The highest BCUT2D eigenvalue weighted by Crippen LogP contribution is 2.37. The summed E-state index contributed by atoms with van der Waals surface area (Å²) >= 11 is 1.47. The van der Waals surface area contributed by atoms with Crippen molar-refractivity contribution in [2.24, 2.45) is 5.10 Å². The first-order chi connectivity index (χ1) is 11.1. The minimum absolute atomic E-state index is 0.0185. The van der Waals surface area contributed by atoms with Gasteiger partial charge in [-0.1, -0.05) is 6.07 Å². The molecule has 2 aromatic rings. The molecule has 1 aromatic carbocycles. The molecule has 0 saturated carbocycles. The lowest BCUT2D eigenvalue weighted by Gasteiger charge is -2.01. The Bertz CT molecular complexity index is 773. The van der Waals surface area contributed by atoms with Crippen molar-refractivity contribution >= 4 is 29.1 Å². The standard InChI is InChI=1S/C14H11N3O5S/c18-14(5-10-2-1-3-23-10)16-15-7-9-4-12-13(22-8-21-12)6-11(9)17(19)20/h1-4,6-7H,5,8H2,(H,16,18). The van der Waals surface area contributed by atoms with Crippen molar-refractivity contribution in [2.75, 3.05) is 6.79 Å². The van der Waals surface area contributed by atoms with E-state index in [9.17, 15) is 14.9 Å². The lowest BCUT2D eigenvalue weighted by atomic mass is 10.1. The summed E-state index contributed by atoms with van der Waals surface area (Å²) in [5.41, 5.74) is 2.39. The minimum atomic E-state index is -0.545. The highest BCUT2D eigenvalue weighted by molar-refractivity contribution is 7.10. The predicted octanol–water partition coefficient (Wildman–Crippen LogP) is 2.08. The molecule has 0 spiro atoms. The SMILES string of the molecule is O=C(Cc1cccs1)NN=Cc1cc2c(cc1[N+](=O)[O-])OCO2. The molecule has 1 N–H and O–H groups in total. The van der Waals surface area contributed by atoms with E-state index < -0.39 is 4.92 Å². The Balaban J connectivity index is 1.71. The molecule has 0 radical (unpaired) electrons. The van der Waals surface area contributed by atoms with Gasteiger partial charge in [-0.25, -0.2) is 5.43 Å². The van der Waals surface area contributed by atoms with E-state index in [-0.39, 0.29) is 30.4 Å². The van der Waals surface area contributed by atoms with Crippen LogP contribution in [0, 0.1) is 10.1 Å². The van der Waals surface area contributed by atoms with Gasteiger partial charge in [-0.3, -0.25) is 14.9 Å². The van der Waals surface area contributed by atoms with Gasteiger partial charge in [0.2, 0.25) is 12.7 Å². The van der Waals surface area contributed by atoms with Crippen molar-refractivity contribution in [3.63, 3.8) is 0 Å². The largest absolute Gasteiger partial charge is 0.454 e. The van der Waals surface area contributed by atoms with Gasteiger partial charge in [0.25, 0.3) is 5.69 Å². The van der Waals surface area contributed by atoms with Gasteiger partial charge < -0.3 is 9.47 Å². The summed E-state index contributed by atoms with van der Waals surface area (Å²) in [5.74, 6) is 0.421. The molecule has 9 heteroatoms. The summed E-state index contributed by atoms with van der Waals surface area (Å²) in [6, 6.07) is 6.43. The molecule has 0 bridgehead atoms. The maximum absolute atomic E-state index is 11.7. The number of hydrogen-bond donors (Lipinski definition) is 1. The summed E-state index contributed by atoms with van der Waals surface area (Å²) in [6.07, 6.45) is 1.42. The van der Waals surface area contributed by atoms with Crippen LogP contribution in [0.25, 0.3) is 0 Å². The third kappa shape index (κ3) is 3.46. The molecule has 118 valence electrons. The molecule has 2 heterocycles. The Hall–Kier alpha value is -2.94. The average Bonchev–Trinajstić information content (AvgIpc) is 3.16. The van der Waals surface area contributed by atoms with E-state index in [0.717, 1.165) is 4.88 Å². The molecule has 0 aliphatic carbocycles. The van der Waals surface area contributed by atoms with Crippen molar-refractivity contribution in [1.29, 1.82) is 0 Å². The number of nitrogens with zero attached hydrogens (tertiary/aromatic N) is 2. The Morgan fingerprint density at radius 3 is 2.91 bits per heavy atom. The van der Waals surface area contributed by atoms with Crippen LogP contribution < -0.4 is 14.9 Å². The number of benzene rings is 1. The summed E-state index contributed by atoms with van der Waals surface area (Å²) in [7, 11) is 0. The molecule has 0 atom stereocenters. The number of amides is 1. The Morgan fingerprint density at radius 1 is 1.43 bits per heavy atom. The number of nitrogens with one attached hydrogen (secondary N) is 1. The predicted molar refractivity (Wildman–Crippen MR) is 83.0 cm³/mol. The molecule has 0 unspecified atom stereocenters. The van der Waals surface area contributed by atoms with Gasteiger partial charge >= 0.3 is 0 Å². The first-order valence-electron chi connectivity index (χ1n) is 6.56. The lowest BCUT2D eigenvalue weighted by molar-refractivity contribution is -0.385. The van der Waals surface area contributed by atoms with Crippen LogP contribution in [-0.4, -0.2) is 23.8 Å². The number of hydrazone groups is 1. The fraction of sp³-hybridized carbons (Fsp3) is 0.143. The van der Waals surface area contributed by atoms with E-state index in [0.29, 0.717) is 11.5 Å². The van der Waals surface area contributed by atoms with Crippen molar-refractivity contribution in [1.82, 2.24) is 5.43 Å². The van der Waals surface area contributed by atoms with Crippen LogP contribution in [0.2, 0.25) is 0 Å². The van der Waals surface area contributed by atoms with Crippen molar-refractivity contribution < 1.29 is 19.2 Å². The normalized spacial score (nSPS) is 12.5. The van der Waals surface area contributed by atoms with Crippen LogP contribution in [0.1, 0.15) is 10.4 Å². The average molecular weight is 333 g/mol. The van der Waals surface area contributed by atoms with E-state index >= 15 is 0 Å². The topological polar surface area (TPSA) is 103 Å². The number of fused-ring (bicyclic) bond motifs is 1. The summed E-state index contributed by atoms with van der Waals surface area (Å²) in [6.45, 7) is 0.0185. The molecule has 23 heavy (non-hydrogen) atoms. The second-order valence-corrected chi connectivity index (χ2v) is 5.60. The molecule has 1 aliphatic heterocycles. The number of hydrogen-bond acceptors (Lipinski definition) is 7. The van der Waals surface area contributed by atoms with Crippen LogP contribution in [-0.2, 0) is 11.2 Å². The number of thiophene rings is 1. The molecule has 0 fully saturated rings. The van der Waals surface area contributed by atoms with Gasteiger partial charge in [0.15, 0.2) is 11.5 Å². The smallest absolute Gasteiger partial charge is 0.282 e. The maximum Gasteiger partial charge on any atom is 0.282 e. The Kier molecular flexibility index (Phi) is 4.20. The van der Waals surface area contributed by atoms with Crippen LogP contribution in [0.5, 0.6) is 11.5 Å². The zero-order valence-corrected chi connectivity index (χ0v) is 12.5. The highest BCUT2D eigenvalue weighted by atomic mass is 32.1. The van der Waals surface area contributed by atoms with Crippen LogP contribution in [0.3, 0.4) is 0 Å². The number of nitro groups is 1. The maximum atomic E-state index is 11.7. The molecule has 0 saturated heterocycles. The third-order valence-corrected chi connectivity index (χ3v) is 3.90. The number of rotatable bonds is 5. The van der Waals surface area contributed by atoms with Crippen molar-refractivity contribution in [3.05, 3.63) is 50.2 Å². The molecule has 1 aliphatic rings. The number of carbonyl (C=O) groups excluding carboxylic acids is 1. The highest BCUT2D eigenvalue weighted by Gasteiger charge is 2.22. The summed E-state index contributed by atoms with van der Waals surface area (Å²) < 4.78 is 10.3. The van der Waals surface area contributed by atoms with E-state index in [1.165, 1.54) is 29.7 Å². The Labute approximate surface area is 134 Å². The second-order valence-electron chi connectivity index (χ2n) is 4.57. The zero-order chi connectivity index (χ0) is 16.2. The molecular weight excluding hydrogens is 322 g/mol. The molecule has 1 amide bonds. The van der Waals surface area contributed by atoms with Gasteiger partial charge in [0, 0.05) is 4.88 Å². The van der Waals surface area contributed by atoms with Gasteiger partial charge in [-0.05, 0) is 17.5 Å². The van der Waals surface area contributed by atoms with E-state index in [4.69, 9.17) is 9.47 Å². The molecule has 8 nitrogen and oxygen atoms in total.